The first-order chi connectivity index (χ1) is 12.9. The third kappa shape index (κ3) is 3.64. The van der Waals surface area contributed by atoms with E-state index in [2.05, 4.69) is 20.3 Å². The molecule has 0 aliphatic rings. The van der Waals surface area contributed by atoms with Crippen LogP contribution in [0.3, 0.4) is 0 Å². The molecule has 6 nitrogen and oxygen atoms in total. The molecule has 4 aromatic rings. The van der Waals surface area contributed by atoms with E-state index >= 15 is 0 Å². The Labute approximate surface area is 150 Å². The molecule has 0 aromatic carbocycles. The second-order valence-electron chi connectivity index (χ2n) is 5.76. The van der Waals surface area contributed by atoms with Gasteiger partial charge in [0.05, 0.1) is 18.1 Å². The van der Waals surface area contributed by atoms with Crippen molar-refractivity contribution in [3.8, 4) is 22.8 Å². The molecular weight excluding hydrogens is 328 g/mol. The number of aromatic nitrogens is 3. The molecule has 4 aromatic heterocycles. The number of furan rings is 2. The fourth-order valence-electron chi connectivity index (χ4n) is 2.70. The number of anilines is 1. The lowest BCUT2D eigenvalue weighted by molar-refractivity contribution is 0.573. The number of aryl methyl sites for hydroxylation is 1. The summed E-state index contributed by atoms with van der Waals surface area (Å²) in [6.45, 7) is 0.758. The van der Waals surface area contributed by atoms with E-state index in [0.29, 0.717) is 23.2 Å². The predicted molar refractivity (Wildman–Crippen MR) is 98.5 cm³/mol. The van der Waals surface area contributed by atoms with Gasteiger partial charge in [0.1, 0.15) is 11.5 Å². The van der Waals surface area contributed by atoms with Crippen LogP contribution < -0.4 is 5.32 Å². The summed E-state index contributed by atoms with van der Waals surface area (Å²) in [5.41, 5.74) is 2.58. The van der Waals surface area contributed by atoms with Crippen LogP contribution in [0.1, 0.15) is 12.1 Å². The molecule has 4 rings (SSSR count). The van der Waals surface area contributed by atoms with Crippen molar-refractivity contribution < 1.29 is 8.83 Å². The van der Waals surface area contributed by atoms with Gasteiger partial charge in [-0.15, -0.1) is 0 Å². The summed E-state index contributed by atoms with van der Waals surface area (Å²) in [5, 5.41) is 3.27. The van der Waals surface area contributed by atoms with Crippen LogP contribution in [0.15, 0.2) is 76.2 Å². The Kier molecular flexibility index (Phi) is 4.73. The summed E-state index contributed by atoms with van der Waals surface area (Å²) in [6, 6.07) is 13.4. The number of pyridine rings is 1. The van der Waals surface area contributed by atoms with Gasteiger partial charge in [-0.3, -0.25) is 4.98 Å². The largest absolute Gasteiger partial charge is 0.464 e. The molecule has 1 N–H and O–H groups in total. The van der Waals surface area contributed by atoms with E-state index in [9.17, 15) is 0 Å². The van der Waals surface area contributed by atoms with Gasteiger partial charge in [0, 0.05) is 24.6 Å². The predicted octanol–water partition coefficient (Wildman–Crippen LogP) is 4.44. The highest BCUT2D eigenvalue weighted by molar-refractivity contribution is 5.75. The molecule has 4 heterocycles. The van der Waals surface area contributed by atoms with Gasteiger partial charge < -0.3 is 14.2 Å². The van der Waals surface area contributed by atoms with Gasteiger partial charge in [-0.1, -0.05) is 6.07 Å². The Morgan fingerprint density at radius 3 is 2.46 bits per heavy atom. The number of nitrogens with zero attached hydrogens (tertiary/aromatic N) is 3. The molecule has 0 radical (unpaired) electrons. The van der Waals surface area contributed by atoms with Gasteiger partial charge in [0.2, 0.25) is 5.95 Å². The van der Waals surface area contributed by atoms with Crippen LogP contribution in [0.4, 0.5) is 5.95 Å². The molecule has 0 saturated carbocycles. The van der Waals surface area contributed by atoms with Crippen molar-refractivity contribution >= 4 is 5.95 Å². The van der Waals surface area contributed by atoms with Crippen molar-refractivity contribution in [3.05, 3.63) is 73.1 Å². The quantitative estimate of drug-likeness (QED) is 0.499. The molecule has 0 aliphatic carbocycles. The standard InChI is InChI=1S/C20H18N4O2/c1-2-10-21-15(6-1)7-3-11-22-20-23-14-16(17-8-4-12-25-17)19(24-20)18-9-5-13-26-18/h1-2,4-6,8-10,12-14H,3,7,11H2,(H,22,23,24). The molecule has 0 saturated heterocycles. The van der Waals surface area contributed by atoms with E-state index in [-0.39, 0.29) is 0 Å². The van der Waals surface area contributed by atoms with Crippen LogP contribution in [-0.4, -0.2) is 21.5 Å². The molecule has 6 heteroatoms. The molecule has 0 bridgehead atoms. The van der Waals surface area contributed by atoms with Crippen molar-refractivity contribution in [1.82, 2.24) is 15.0 Å². The van der Waals surface area contributed by atoms with Gasteiger partial charge in [-0.2, -0.15) is 0 Å². The second-order valence-corrected chi connectivity index (χ2v) is 5.76. The molecule has 0 atom stereocenters. The smallest absolute Gasteiger partial charge is 0.223 e. The fraction of sp³-hybridized carbons (Fsp3) is 0.150. The maximum atomic E-state index is 5.53. The SMILES string of the molecule is c1ccc(CCCNc2ncc(-c3ccco3)c(-c3ccco3)n2)nc1. The van der Waals surface area contributed by atoms with Crippen molar-refractivity contribution in [2.24, 2.45) is 0 Å². The summed E-state index contributed by atoms with van der Waals surface area (Å²) < 4.78 is 11.0. The first kappa shape index (κ1) is 16.1. The minimum absolute atomic E-state index is 0.563. The van der Waals surface area contributed by atoms with Crippen LogP contribution >= 0.6 is 0 Å². The van der Waals surface area contributed by atoms with Crippen molar-refractivity contribution in [2.75, 3.05) is 11.9 Å². The monoisotopic (exact) mass is 346 g/mol. The first-order valence-electron chi connectivity index (χ1n) is 8.49. The van der Waals surface area contributed by atoms with Crippen LogP contribution in [0.2, 0.25) is 0 Å². The normalized spacial score (nSPS) is 10.8. The summed E-state index contributed by atoms with van der Waals surface area (Å²) >= 11 is 0. The van der Waals surface area contributed by atoms with Crippen LogP contribution in [0.5, 0.6) is 0 Å². The highest BCUT2D eigenvalue weighted by atomic mass is 16.3. The summed E-state index contributed by atoms with van der Waals surface area (Å²) in [6.07, 6.45) is 8.67. The van der Waals surface area contributed by atoms with Crippen LogP contribution in [0, 0.1) is 0 Å². The Hall–Kier alpha value is -3.41. The maximum absolute atomic E-state index is 5.53. The molecule has 0 fully saturated rings. The Morgan fingerprint density at radius 2 is 1.73 bits per heavy atom. The highest BCUT2D eigenvalue weighted by Gasteiger charge is 2.15. The van der Waals surface area contributed by atoms with Gasteiger partial charge in [-0.25, -0.2) is 9.97 Å². The number of hydrogen-bond acceptors (Lipinski definition) is 6. The second kappa shape index (κ2) is 7.65. The van der Waals surface area contributed by atoms with Gasteiger partial charge in [0.15, 0.2) is 5.76 Å². The summed E-state index contributed by atoms with van der Waals surface area (Å²) in [5.74, 6) is 1.95. The van der Waals surface area contributed by atoms with E-state index < -0.39 is 0 Å². The molecule has 0 aliphatic heterocycles. The van der Waals surface area contributed by atoms with Crippen LogP contribution in [0.25, 0.3) is 22.8 Å². The minimum Gasteiger partial charge on any atom is -0.464 e. The summed E-state index contributed by atoms with van der Waals surface area (Å²) in [7, 11) is 0. The Morgan fingerprint density at radius 1 is 0.885 bits per heavy atom. The molecule has 0 amide bonds. The van der Waals surface area contributed by atoms with Gasteiger partial charge >= 0.3 is 0 Å². The number of hydrogen-bond donors (Lipinski definition) is 1. The van der Waals surface area contributed by atoms with Crippen molar-refractivity contribution in [1.29, 1.82) is 0 Å². The fourth-order valence-corrected chi connectivity index (χ4v) is 2.70. The van der Waals surface area contributed by atoms with E-state index in [4.69, 9.17) is 8.83 Å². The third-order valence-electron chi connectivity index (χ3n) is 3.95. The van der Waals surface area contributed by atoms with Crippen molar-refractivity contribution in [3.63, 3.8) is 0 Å². The lowest BCUT2D eigenvalue weighted by Crippen LogP contribution is -2.07. The maximum Gasteiger partial charge on any atom is 0.223 e. The number of nitrogens with one attached hydrogen (secondary N) is 1. The Balaban J connectivity index is 1.48. The zero-order chi connectivity index (χ0) is 17.6. The van der Waals surface area contributed by atoms with E-state index in [1.54, 1.807) is 18.7 Å². The minimum atomic E-state index is 0.563. The molecular formula is C20H18N4O2. The third-order valence-corrected chi connectivity index (χ3v) is 3.95. The van der Waals surface area contributed by atoms with Crippen LogP contribution in [-0.2, 0) is 6.42 Å². The molecule has 130 valence electrons. The van der Waals surface area contributed by atoms with E-state index in [1.807, 2.05) is 48.7 Å². The summed E-state index contributed by atoms with van der Waals surface area (Å²) in [4.78, 5) is 13.4. The topological polar surface area (TPSA) is 77.0 Å². The lowest BCUT2D eigenvalue weighted by atomic mass is 10.1. The zero-order valence-electron chi connectivity index (χ0n) is 14.1. The van der Waals surface area contributed by atoms with Gasteiger partial charge in [-0.05, 0) is 49.2 Å². The van der Waals surface area contributed by atoms with E-state index in [1.165, 1.54) is 0 Å². The average molecular weight is 346 g/mol. The molecule has 26 heavy (non-hydrogen) atoms. The average Bonchev–Trinajstić information content (AvgIpc) is 3.40. The Bertz CT molecular complexity index is 935. The van der Waals surface area contributed by atoms with Gasteiger partial charge in [0.25, 0.3) is 0 Å². The number of rotatable bonds is 7. The highest BCUT2D eigenvalue weighted by Crippen LogP contribution is 2.31. The molecule has 0 unspecified atom stereocenters. The first-order valence-corrected chi connectivity index (χ1v) is 8.49. The zero-order valence-corrected chi connectivity index (χ0v) is 14.1. The lowest BCUT2D eigenvalue weighted by Gasteiger charge is -2.08. The molecule has 0 spiro atoms. The van der Waals surface area contributed by atoms with E-state index in [0.717, 1.165) is 30.6 Å². The van der Waals surface area contributed by atoms with Crippen molar-refractivity contribution in [2.45, 2.75) is 12.8 Å².